The summed E-state index contributed by atoms with van der Waals surface area (Å²) in [6, 6.07) is 5.38. The minimum absolute atomic E-state index is 0.488. The Morgan fingerprint density at radius 2 is 1.33 bits per heavy atom. The lowest BCUT2D eigenvalue weighted by atomic mass is 10.0. The Bertz CT molecular complexity index is 469. The summed E-state index contributed by atoms with van der Waals surface area (Å²) in [5, 5.41) is 4.76. The average Bonchev–Trinajstić information content (AvgIpc) is 2.59. The molecule has 2 N–H and O–H groups in total. The van der Waals surface area contributed by atoms with Crippen LogP contribution in [0.5, 0.6) is 0 Å². The van der Waals surface area contributed by atoms with Crippen LogP contribution in [0.3, 0.4) is 0 Å². The van der Waals surface area contributed by atoms with Gasteiger partial charge in [0, 0.05) is 13.1 Å². The van der Waals surface area contributed by atoms with Gasteiger partial charge in [0.05, 0.1) is 5.56 Å². The minimum atomic E-state index is -4.22. The molecule has 0 aromatic heterocycles. The number of nitrogens with one attached hydrogen (secondary N) is 2. The van der Waals surface area contributed by atoms with Crippen LogP contribution in [0.2, 0.25) is 0 Å². The van der Waals surface area contributed by atoms with E-state index in [2.05, 4.69) is 38.3 Å². The van der Waals surface area contributed by atoms with Crippen molar-refractivity contribution < 1.29 is 22.8 Å². The Kier molecular flexibility index (Phi) is 19.1. The molecule has 0 aliphatic carbocycles. The first kappa shape index (κ1) is 29.7. The van der Waals surface area contributed by atoms with Gasteiger partial charge >= 0.3 is 6.18 Å². The minimum Gasteiger partial charge on any atom is -0.357 e. The molecule has 0 heterocycles. The summed E-state index contributed by atoms with van der Waals surface area (Å²) in [6.45, 7) is 15.6. The van der Waals surface area contributed by atoms with Crippen LogP contribution in [0, 0.1) is 5.41 Å². The molecular formula is C20H35F3N2O2. The number of carbonyl (C=O) groups excluding carboxylic acids is 2. The third kappa shape index (κ3) is 26.3. The van der Waals surface area contributed by atoms with Crippen LogP contribution >= 0.6 is 0 Å². The molecule has 1 rings (SSSR count). The van der Waals surface area contributed by atoms with Crippen LogP contribution < -0.4 is 10.6 Å². The molecule has 0 radical (unpaired) electrons. The SMILES string of the molecule is CC.CC(C)(C)C.CCc1cccc(C(F)(F)F)c1.O=CNCCNC=O. The summed E-state index contributed by atoms with van der Waals surface area (Å²) in [4.78, 5) is 19.1. The average molecular weight is 393 g/mol. The van der Waals surface area contributed by atoms with E-state index in [9.17, 15) is 22.8 Å². The number of hydrogen-bond acceptors (Lipinski definition) is 2. The van der Waals surface area contributed by atoms with E-state index in [-0.39, 0.29) is 0 Å². The van der Waals surface area contributed by atoms with E-state index in [0.29, 0.717) is 43.3 Å². The van der Waals surface area contributed by atoms with Crippen molar-refractivity contribution in [1.29, 1.82) is 0 Å². The Labute approximate surface area is 161 Å². The highest BCUT2D eigenvalue weighted by molar-refractivity contribution is 5.47. The second-order valence-corrected chi connectivity index (χ2v) is 6.70. The van der Waals surface area contributed by atoms with Gasteiger partial charge in [-0.2, -0.15) is 13.2 Å². The number of carbonyl (C=O) groups is 2. The largest absolute Gasteiger partial charge is 0.416 e. The topological polar surface area (TPSA) is 58.2 Å². The first-order valence-electron chi connectivity index (χ1n) is 8.95. The quantitative estimate of drug-likeness (QED) is 0.538. The molecule has 0 saturated carbocycles. The van der Waals surface area contributed by atoms with Crippen molar-refractivity contribution in [1.82, 2.24) is 10.6 Å². The zero-order chi connectivity index (χ0) is 21.9. The van der Waals surface area contributed by atoms with E-state index >= 15 is 0 Å². The fourth-order valence-corrected chi connectivity index (χ4v) is 1.23. The van der Waals surface area contributed by atoms with Gasteiger partial charge in [-0.25, -0.2) is 0 Å². The summed E-state index contributed by atoms with van der Waals surface area (Å²) >= 11 is 0. The molecule has 2 amide bonds. The van der Waals surface area contributed by atoms with Gasteiger partial charge in [0.15, 0.2) is 0 Å². The second-order valence-electron chi connectivity index (χ2n) is 6.70. The van der Waals surface area contributed by atoms with E-state index in [1.807, 2.05) is 20.8 Å². The van der Waals surface area contributed by atoms with Crippen molar-refractivity contribution in [3.8, 4) is 0 Å². The van der Waals surface area contributed by atoms with Crippen molar-refractivity contribution >= 4 is 12.8 Å². The third-order valence-electron chi connectivity index (χ3n) is 2.24. The number of halogens is 3. The van der Waals surface area contributed by atoms with E-state index in [1.165, 1.54) is 12.1 Å². The van der Waals surface area contributed by atoms with Gasteiger partial charge < -0.3 is 10.6 Å². The maximum Gasteiger partial charge on any atom is 0.416 e. The van der Waals surface area contributed by atoms with Crippen molar-refractivity contribution in [2.75, 3.05) is 13.1 Å². The van der Waals surface area contributed by atoms with Crippen molar-refractivity contribution in [2.24, 2.45) is 5.41 Å². The van der Waals surface area contributed by atoms with Gasteiger partial charge in [0.25, 0.3) is 0 Å². The van der Waals surface area contributed by atoms with Crippen LogP contribution in [0.1, 0.15) is 59.6 Å². The summed E-state index contributed by atoms with van der Waals surface area (Å²) in [5.41, 5.74) is 0.645. The van der Waals surface area contributed by atoms with Crippen LogP contribution in [0.15, 0.2) is 24.3 Å². The molecule has 0 bridgehead atoms. The first-order valence-corrected chi connectivity index (χ1v) is 8.95. The number of alkyl halides is 3. The second kappa shape index (κ2) is 17.4. The highest BCUT2D eigenvalue weighted by atomic mass is 19.4. The predicted octanol–water partition coefficient (Wildman–Crippen LogP) is 4.82. The number of rotatable bonds is 6. The van der Waals surface area contributed by atoms with Crippen molar-refractivity contribution in [2.45, 2.75) is 61.1 Å². The molecule has 0 atom stereocenters. The maximum atomic E-state index is 12.1. The lowest BCUT2D eigenvalue weighted by Gasteiger charge is -2.06. The van der Waals surface area contributed by atoms with Gasteiger partial charge in [-0.3, -0.25) is 9.59 Å². The van der Waals surface area contributed by atoms with E-state index in [4.69, 9.17) is 0 Å². The predicted molar refractivity (Wildman–Crippen MR) is 105 cm³/mol. The first-order chi connectivity index (χ1) is 12.5. The smallest absolute Gasteiger partial charge is 0.357 e. The van der Waals surface area contributed by atoms with Crippen LogP contribution in [-0.4, -0.2) is 25.9 Å². The number of amides is 2. The molecule has 158 valence electrons. The summed E-state index contributed by atoms with van der Waals surface area (Å²) < 4.78 is 36.3. The van der Waals surface area contributed by atoms with Crippen LogP contribution in [-0.2, 0) is 22.2 Å². The highest BCUT2D eigenvalue weighted by Crippen LogP contribution is 2.29. The molecule has 0 unspecified atom stereocenters. The lowest BCUT2D eigenvalue weighted by molar-refractivity contribution is -0.137. The molecule has 7 heteroatoms. The maximum absolute atomic E-state index is 12.1. The highest BCUT2D eigenvalue weighted by Gasteiger charge is 2.30. The lowest BCUT2D eigenvalue weighted by Crippen LogP contribution is -2.25. The van der Waals surface area contributed by atoms with Gasteiger partial charge in [-0.05, 0) is 23.5 Å². The number of hydrogen-bond donors (Lipinski definition) is 2. The monoisotopic (exact) mass is 392 g/mol. The standard InChI is InChI=1S/C9H9F3.C5H12.C4H8N2O2.C2H6/c1-2-7-4-3-5-8(6-7)9(10,11)12;1-5(2,3)4;7-3-5-1-2-6-4-8;1-2/h3-6H,2H2,1H3;1-4H3;3-4H,1-2H2,(H,5,7)(H,6,8);1-2H3. The molecule has 0 spiro atoms. The van der Waals surface area contributed by atoms with Crippen molar-refractivity contribution in [3.05, 3.63) is 35.4 Å². The third-order valence-corrected chi connectivity index (χ3v) is 2.24. The number of aryl methyl sites for hydroxylation is 1. The van der Waals surface area contributed by atoms with Gasteiger partial charge in [0.1, 0.15) is 0 Å². The Morgan fingerprint density at radius 1 is 0.926 bits per heavy atom. The molecule has 1 aromatic carbocycles. The summed E-state index contributed by atoms with van der Waals surface area (Å²) in [5.74, 6) is 0. The summed E-state index contributed by atoms with van der Waals surface area (Å²) in [7, 11) is 0. The van der Waals surface area contributed by atoms with Gasteiger partial charge in [-0.15, -0.1) is 0 Å². The molecule has 0 aliphatic rings. The van der Waals surface area contributed by atoms with Crippen LogP contribution in [0.25, 0.3) is 0 Å². The Balaban J connectivity index is -0.000000334. The van der Waals surface area contributed by atoms with E-state index in [0.717, 1.165) is 6.07 Å². The Hall–Kier alpha value is -2.05. The molecule has 0 fully saturated rings. The normalized spacial score (nSPS) is 9.85. The van der Waals surface area contributed by atoms with E-state index < -0.39 is 11.7 Å². The van der Waals surface area contributed by atoms with Crippen LogP contribution in [0.4, 0.5) is 13.2 Å². The fraction of sp³-hybridized carbons (Fsp3) is 0.600. The Morgan fingerprint density at radius 3 is 1.63 bits per heavy atom. The fourth-order valence-electron chi connectivity index (χ4n) is 1.23. The molecule has 0 saturated heterocycles. The molecule has 27 heavy (non-hydrogen) atoms. The molecular weight excluding hydrogens is 357 g/mol. The van der Waals surface area contributed by atoms with E-state index in [1.54, 1.807) is 6.07 Å². The molecule has 0 aliphatic heterocycles. The summed E-state index contributed by atoms with van der Waals surface area (Å²) in [6.07, 6.45) is -2.41. The number of benzene rings is 1. The van der Waals surface area contributed by atoms with Gasteiger partial charge in [-0.1, -0.05) is 66.7 Å². The zero-order valence-corrected chi connectivity index (χ0v) is 17.5. The molecule has 1 aromatic rings. The molecule has 4 nitrogen and oxygen atoms in total. The van der Waals surface area contributed by atoms with Gasteiger partial charge in [0.2, 0.25) is 12.8 Å². The zero-order valence-electron chi connectivity index (χ0n) is 17.5. The van der Waals surface area contributed by atoms with Crippen molar-refractivity contribution in [3.63, 3.8) is 0 Å².